The average Bonchev–Trinajstić information content (AvgIpc) is 0.811. The Morgan fingerprint density at radius 2 is 1.67 bits per heavy atom. The van der Waals surface area contributed by atoms with E-state index in [-0.39, 0.29) is 46.9 Å². The third-order valence-electron chi connectivity index (χ3n) is 0. The smallest absolute Gasteiger partial charge is 0.550 e. The summed E-state index contributed by atoms with van der Waals surface area (Å²) in [6.45, 7) is 0.972. The number of carbonyl (C=O) groups is 1. The molecule has 0 saturated carbocycles. The topological polar surface area (TPSA) is 40.1 Å². The van der Waals surface area contributed by atoms with E-state index in [1.165, 1.54) is 0 Å². The van der Waals surface area contributed by atoms with Gasteiger partial charge in [-0.25, -0.2) is 0 Å². The minimum absolute atomic E-state index is 0. The van der Waals surface area contributed by atoms with Crippen LogP contribution in [0.2, 0.25) is 0 Å². The van der Waals surface area contributed by atoms with Gasteiger partial charge in [-0.2, -0.15) is 0 Å². The molecular weight excluding hydrogens is 106 g/mol. The Bertz CT molecular complexity index is 34.5. The molecule has 0 rings (SSSR count). The van der Waals surface area contributed by atoms with Crippen molar-refractivity contribution in [2.45, 2.75) is 6.92 Å². The zero-order valence-corrected chi connectivity index (χ0v) is 5.32. The molecule has 0 aromatic heterocycles. The van der Waals surface area contributed by atoms with E-state index in [0.29, 0.717) is 0 Å². The number of aliphatic carboxylic acids is 1. The number of hydrogen-bond donors (Lipinski definition) is 0. The first-order valence-electron chi connectivity index (χ1n) is 0.908. The van der Waals surface area contributed by atoms with E-state index in [4.69, 9.17) is 9.90 Å². The van der Waals surface area contributed by atoms with Gasteiger partial charge in [0.2, 0.25) is 0 Å². The molecule has 0 aliphatic heterocycles. The van der Waals surface area contributed by atoms with Crippen LogP contribution < -0.4 is 34.7 Å². The Labute approximate surface area is 69.3 Å². The molecule has 0 saturated heterocycles. The predicted molar refractivity (Wildman–Crippen MR) is 20.6 cm³/mol. The van der Waals surface area contributed by atoms with Gasteiger partial charge < -0.3 is 9.90 Å². The molecule has 0 atom stereocenters. The van der Waals surface area contributed by atoms with Crippen molar-refractivity contribution in [2.24, 2.45) is 0 Å². The molecule has 0 fully saturated rings. The quantitative estimate of drug-likeness (QED) is 0.293. The summed E-state index contributed by atoms with van der Waals surface area (Å²) in [5.74, 6) is -1.08. The minimum Gasteiger partial charge on any atom is -0.550 e. The standard InChI is InChI=1S/C2H4O2.Al.Na.3H/c1-2(3)4;;;;;/h1H3,(H,3,4);;;;;/q;;+1;;;/p-1. The number of hydrogen-bond acceptors (Lipinski definition) is 2. The average molecular weight is 112 g/mol. The van der Waals surface area contributed by atoms with Gasteiger partial charge in [0.25, 0.3) is 0 Å². The molecule has 0 N–H and O–H groups in total. The molecular formula is C2H6AlNaO2. The maximum Gasteiger partial charge on any atom is 1.00 e. The molecule has 0 unspecified atom stereocenters. The van der Waals surface area contributed by atoms with Crippen molar-refractivity contribution < 1.29 is 39.5 Å². The van der Waals surface area contributed by atoms with E-state index in [9.17, 15) is 0 Å². The Morgan fingerprint density at radius 1 is 1.67 bits per heavy atom. The van der Waals surface area contributed by atoms with Crippen LogP contribution in [-0.4, -0.2) is 23.3 Å². The molecule has 6 heavy (non-hydrogen) atoms. The summed E-state index contributed by atoms with van der Waals surface area (Å²) >= 11 is 0. The summed E-state index contributed by atoms with van der Waals surface area (Å²) in [6.07, 6.45) is 0. The molecule has 0 aromatic rings. The number of carboxylic acid groups (broad SMARTS) is 1. The van der Waals surface area contributed by atoms with Crippen LogP contribution in [0.25, 0.3) is 0 Å². The maximum absolute atomic E-state index is 8.89. The largest absolute Gasteiger partial charge is 1.00 e. The van der Waals surface area contributed by atoms with Crippen LogP contribution >= 0.6 is 0 Å². The molecule has 0 radical (unpaired) electrons. The zero-order chi connectivity index (χ0) is 3.58. The Balaban J connectivity index is -0.0000000450. The molecule has 0 bridgehead atoms. The molecule has 0 spiro atoms. The summed E-state index contributed by atoms with van der Waals surface area (Å²) in [6, 6.07) is 0. The SMILES string of the molecule is CC(=O)[O-].[AlH3].[Na+]. The van der Waals surface area contributed by atoms with Crippen LogP contribution in [0, 0.1) is 0 Å². The van der Waals surface area contributed by atoms with Gasteiger partial charge in [0.1, 0.15) is 0 Å². The number of carbonyl (C=O) groups excluding carboxylic acids is 1. The third kappa shape index (κ3) is 79.7. The summed E-state index contributed by atoms with van der Waals surface area (Å²) in [4.78, 5) is 8.89. The monoisotopic (exact) mass is 112 g/mol. The van der Waals surface area contributed by atoms with Gasteiger partial charge >= 0.3 is 29.6 Å². The first-order valence-corrected chi connectivity index (χ1v) is 0.908. The van der Waals surface area contributed by atoms with Crippen molar-refractivity contribution in [3.63, 3.8) is 0 Å². The van der Waals surface area contributed by atoms with Gasteiger partial charge in [-0.1, -0.05) is 0 Å². The number of rotatable bonds is 0. The molecule has 0 aliphatic rings. The second-order valence-electron chi connectivity index (χ2n) is 0.492. The summed E-state index contributed by atoms with van der Waals surface area (Å²) in [5.41, 5.74) is 0. The molecule has 0 heterocycles. The van der Waals surface area contributed by atoms with Gasteiger partial charge in [0.15, 0.2) is 17.4 Å². The minimum atomic E-state index is -1.08. The van der Waals surface area contributed by atoms with Crippen molar-refractivity contribution >= 4 is 23.3 Å². The molecule has 2 nitrogen and oxygen atoms in total. The van der Waals surface area contributed by atoms with Crippen molar-refractivity contribution in [1.29, 1.82) is 0 Å². The second-order valence-corrected chi connectivity index (χ2v) is 0.492. The van der Waals surface area contributed by atoms with Crippen LogP contribution in [0.4, 0.5) is 0 Å². The first-order chi connectivity index (χ1) is 1.73. The van der Waals surface area contributed by atoms with Crippen LogP contribution in [0.1, 0.15) is 6.92 Å². The van der Waals surface area contributed by atoms with Gasteiger partial charge in [-0.15, -0.1) is 0 Å². The molecule has 0 amide bonds. The normalized spacial score (nSPS) is 4.17. The number of carboxylic acids is 1. The van der Waals surface area contributed by atoms with E-state index < -0.39 is 5.97 Å². The first kappa shape index (κ1) is 15.7. The van der Waals surface area contributed by atoms with E-state index in [1.807, 2.05) is 0 Å². The maximum atomic E-state index is 8.89. The van der Waals surface area contributed by atoms with Gasteiger partial charge in [0.05, 0.1) is 0 Å². The fourth-order valence-electron chi connectivity index (χ4n) is 0. The van der Waals surface area contributed by atoms with Gasteiger partial charge in [0, 0.05) is 5.97 Å². The molecule has 4 heteroatoms. The Morgan fingerprint density at radius 3 is 1.67 bits per heavy atom. The van der Waals surface area contributed by atoms with Crippen molar-refractivity contribution in [2.75, 3.05) is 0 Å². The second kappa shape index (κ2) is 9.38. The zero-order valence-electron chi connectivity index (χ0n) is 3.32. The van der Waals surface area contributed by atoms with Crippen molar-refractivity contribution in [3.8, 4) is 0 Å². The third-order valence-corrected chi connectivity index (χ3v) is 0. The predicted octanol–water partition coefficient (Wildman–Crippen LogP) is -5.42. The van der Waals surface area contributed by atoms with Gasteiger partial charge in [-0.3, -0.25) is 0 Å². The van der Waals surface area contributed by atoms with E-state index >= 15 is 0 Å². The Kier molecular flexibility index (Phi) is 24.6. The van der Waals surface area contributed by atoms with Crippen molar-refractivity contribution in [3.05, 3.63) is 0 Å². The van der Waals surface area contributed by atoms with Crippen LogP contribution in [-0.2, 0) is 4.79 Å². The van der Waals surface area contributed by atoms with E-state index in [1.54, 1.807) is 0 Å². The van der Waals surface area contributed by atoms with Crippen LogP contribution in [0.15, 0.2) is 0 Å². The van der Waals surface area contributed by atoms with Crippen LogP contribution in [0.3, 0.4) is 0 Å². The summed E-state index contributed by atoms with van der Waals surface area (Å²) in [5, 5.41) is 8.89. The summed E-state index contributed by atoms with van der Waals surface area (Å²) < 4.78 is 0. The van der Waals surface area contributed by atoms with E-state index in [0.717, 1.165) is 6.92 Å². The summed E-state index contributed by atoms with van der Waals surface area (Å²) in [7, 11) is 0. The van der Waals surface area contributed by atoms with Crippen molar-refractivity contribution in [1.82, 2.24) is 0 Å². The molecule has 0 aromatic carbocycles. The Hall–Kier alpha value is 1.00. The van der Waals surface area contributed by atoms with Crippen LogP contribution in [0.5, 0.6) is 0 Å². The van der Waals surface area contributed by atoms with E-state index in [2.05, 4.69) is 0 Å². The van der Waals surface area contributed by atoms with Gasteiger partial charge in [-0.05, 0) is 6.92 Å². The fraction of sp³-hybridized carbons (Fsp3) is 0.500. The molecule has 30 valence electrons. The molecule has 0 aliphatic carbocycles. The fourth-order valence-corrected chi connectivity index (χ4v) is 0.